The van der Waals surface area contributed by atoms with Crippen LogP contribution >= 0.6 is 12.2 Å². The van der Waals surface area contributed by atoms with E-state index in [1.54, 1.807) is 24.3 Å². The zero-order chi connectivity index (χ0) is 27.4. The number of aromatic nitrogens is 2. The van der Waals surface area contributed by atoms with Crippen LogP contribution in [0.5, 0.6) is 0 Å². The zero-order valence-corrected chi connectivity index (χ0v) is 20.7. The van der Waals surface area contributed by atoms with Crippen LogP contribution < -0.4 is 31.3 Å². The number of sulfonamides is 1. The third-order valence-electron chi connectivity index (χ3n) is 5.06. The first-order chi connectivity index (χ1) is 18.1. The van der Waals surface area contributed by atoms with Gasteiger partial charge in [0.05, 0.1) is 38.4 Å². The zero-order valence-electron chi connectivity index (χ0n) is 19.0. The Morgan fingerprint density at radius 2 is 1.63 bits per heavy atom. The van der Waals surface area contributed by atoms with Crippen molar-refractivity contribution >= 4 is 73.2 Å². The predicted octanol–water partition coefficient (Wildman–Crippen LogP) is 2.96. The van der Waals surface area contributed by atoms with Crippen LogP contribution in [0.4, 0.5) is 33.4 Å². The van der Waals surface area contributed by atoms with Gasteiger partial charge in [0.15, 0.2) is 0 Å². The highest BCUT2D eigenvalue weighted by Gasteiger charge is 2.20. The van der Waals surface area contributed by atoms with Crippen LogP contribution in [-0.2, 0) is 10.0 Å². The van der Waals surface area contributed by atoms with Crippen molar-refractivity contribution in [3.05, 3.63) is 66.7 Å². The maximum atomic E-state index is 12.8. The van der Waals surface area contributed by atoms with E-state index >= 15 is 0 Å². The van der Waals surface area contributed by atoms with Crippen LogP contribution in [0.2, 0.25) is 0 Å². The first-order valence-electron chi connectivity index (χ1n) is 10.5. The van der Waals surface area contributed by atoms with Gasteiger partial charge in [-0.15, -0.1) is 15.6 Å². The topological polar surface area (TPSA) is 205 Å². The Hall–Kier alpha value is -4.52. The molecule has 0 aliphatic heterocycles. The van der Waals surface area contributed by atoms with Crippen LogP contribution in [0.15, 0.2) is 71.6 Å². The van der Waals surface area contributed by atoms with Crippen molar-refractivity contribution in [1.82, 2.24) is 15.2 Å². The second-order valence-corrected chi connectivity index (χ2v) is 9.47. The van der Waals surface area contributed by atoms with Crippen LogP contribution in [0.1, 0.15) is 0 Å². The van der Waals surface area contributed by atoms with Crippen LogP contribution in [0.3, 0.4) is 0 Å². The molecule has 38 heavy (non-hydrogen) atoms. The van der Waals surface area contributed by atoms with Crippen molar-refractivity contribution < 1.29 is 34.0 Å². The fourth-order valence-electron chi connectivity index (χ4n) is 3.39. The first-order valence-corrected chi connectivity index (χ1v) is 12.4. The lowest BCUT2D eigenvalue weighted by atomic mass is 10.2. The van der Waals surface area contributed by atoms with Crippen molar-refractivity contribution in [3.8, 4) is 0 Å². The van der Waals surface area contributed by atoms with Crippen molar-refractivity contribution in [2.45, 2.75) is 4.90 Å². The van der Waals surface area contributed by atoms with Gasteiger partial charge in [-0.3, -0.25) is 31.0 Å². The van der Waals surface area contributed by atoms with E-state index in [-0.39, 0.29) is 37.6 Å². The van der Waals surface area contributed by atoms with Gasteiger partial charge in [-0.2, -0.15) is 4.68 Å². The Morgan fingerprint density at radius 1 is 0.921 bits per heavy atom. The summed E-state index contributed by atoms with van der Waals surface area (Å²) in [6.45, 7) is 0. The molecule has 4 rings (SSSR count). The van der Waals surface area contributed by atoms with E-state index in [0.717, 1.165) is 10.7 Å². The number of amides is 1. The Kier molecular flexibility index (Phi) is 7.57. The number of anilines is 5. The molecule has 0 unspecified atom stereocenters. The highest BCUT2D eigenvalue weighted by molar-refractivity contribution is 7.92. The molecule has 0 saturated carbocycles. The Morgan fingerprint density at radius 3 is 2.34 bits per heavy atom. The number of thiocarbonyl (C=S) groups is 1. The number of carbonyl (C=O) groups excluding carboxylic acids is 1. The molecule has 0 atom stereocenters. The molecule has 0 aliphatic carbocycles. The lowest BCUT2D eigenvalue weighted by Gasteiger charge is -2.12. The minimum atomic E-state index is -3.94. The van der Waals surface area contributed by atoms with Crippen molar-refractivity contribution in [3.63, 3.8) is 0 Å². The smallest absolute Gasteiger partial charge is 0.353 e. The van der Waals surface area contributed by atoms with Crippen molar-refractivity contribution in [2.24, 2.45) is 0 Å². The van der Waals surface area contributed by atoms with Gasteiger partial charge >= 0.3 is 6.03 Å². The van der Waals surface area contributed by atoms with E-state index in [4.69, 9.17) is 12.2 Å². The summed E-state index contributed by atoms with van der Waals surface area (Å²) in [6, 6.07) is 15.0. The normalized spacial score (nSPS) is 11.1. The molecule has 1 aromatic heterocycles. The molecule has 4 aromatic rings. The highest BCUT2D eigenvalue weighted by atomic mass is 32.2. The molecule has 0 spiro atoms. The summed E-state index contributed by atoms with van der Waals surface area (Å²) in [4.78, 5) is 12.8. The average Bonchev–Trinajstić information content (AvgIpc) is 3.27. The fourth-order valence-corrected chi connectivity index (χ4v) is 4.62. The third-order valence-corrected chi connectivity index (χ3v) is 6.55. The third kappa shape index (κ3) is 5.72. The minimum Gasteiger partial charge on any atom is -0.353 e. The summed E-state index contributed by atoms with van der Waals surface area (Å²) in [7, 11) is -3.94. The molecule has 1 heterocycles. The van der Waals surface area contributed by atoms with E-state index < -0.39 is 21.9 Å². The lowest BCUT2D eigenvalue weighted by Crippen LogP contribution is -2.34. The number of rotatable bonds is 9. The largest absolute Gasteiger partial charge is 0.361 e. The first kappa shape index (κ1) is 26.5. The van der Waals surface area contributed by atoms with Gasteiger partial charge in [0.25, 0.3) is 10.0 Å². The number of hydrogen-bond acceptors (Lipinski definition) is 12. The molecule has 8 N–H and O–H groups in total. The van der Waals surface area contributed by atoms with Crippen LogP contribution in [0.25, 0.3) is 10.9 Å². The molecular formula is C21H20N8O7S2. The minimum absolute atomic E-state index is 0.00265. The number of fused-ring (bicyclic) bond motifs is 1. The second-order valence-electron chi connectivity index (χ2n) is 7.55. The summed E-state index contributed by atoms with van der Waals surface area (Å²) in [5.74, 6) is -0.458. The van der Waals surface area contributed by atoms with Gasteiger partial charge in [0, 0.05) is 5.69 Å². The predicted molar refractivity (Wildman–Crippen MR) is 140 cm³/mol. The number of hydrazine groups is 1. The molecule has 17 heteroatoms. The van der Waals surface area contributed by atoms with Gasteiger partial charge in [0.1, 0.15) is 0 Å². The van der Waals surface area contributed by atoms with Crippen LogP contribution in [0, 0.1) is 0 Å². The average molecular weight is 561 g/mol. The molecule has 198 valence electrons. The lowest BCUT2D eigenvalue weighted by molar-refractivity contribution is 0.0266. The number of benzene rings is 3. The highest BCUT2D eigenvalue weighted by Crippen LogP contribution is 2.28. The van der Waals surface area contributed by atoms with E-state index in [9.17, 15) is 34.0 Å². The summed E-state index contributed by atoms with van der Waals surface area (Å²) in [5.41, 5.74) is 7.22. The standard InChI is InChI=1S/C21H20N8O7S2/c30-21(27-19-8-7-16(28(31)32)11-18(19)20(25-27)29(33)34)24-23-14-4-1-5-15(9-14)26-38(35,36)17-6-2-3-13(10-17)22-12-37/h1-12,23,26,31-34H,(H,22,37)(H,24,30). The van der Waals surface area contributed by atoms with Crippen molar-refractivity contribution in [1.29, 1.82) is 0 Å². The monoisotopic (exact) mass is 560 g/mol. The molecule has 0 fully saturated rings. The summed E-state index contributed by atoms with van der Waals surface area (Å²) >= 11 is 4.73. The molecule has 0 aliphatic rings. The number of carbonyl (C=O) groups is 1. The van der Waals surface area contributed by atoms with Crippen molar-refractivity contribution in [2.75, 3.05) is 25.9 Å². The molecule has 0 radical (unpaired) electrons. The molecular weight excluding hydrogens is 540 g/mol. The van der Waals surface area contributed by atoms with E-state index in [1.165, 1.54) is 41.9 Å². The molecule has 0 saturated heterocycles. The van der Waals surface area contributed by atoms with Crippen LogP contribution in [-0.4, -0.2) is 50.5 Å². The SMILES string of the molecule is O=C(NNc1cccc(NS(=O)(=O)c2cccc(NC=S)c2)c1)n1nc(N(O)O)c2cc(N(O)O)ccc21. The molecule has 0 bridgehead atoms. The number of nitrogens with zero attached hydrogens (tertiary/aromatic N) is 4. The van der Waals surface area contributed by atoms with E-state index in [0.29, 0.717) is 11.4 Å². The molecule has 1 amide bonds. The van der Waals surface area contributed by atoms with E-state index in [2.05, 4.69) is 26.0 Å². The van der Waals surface area contributed by atoms with E-state index in [1.807, 2.05) is 0 Å². The number of hydrogen-bond donors (Lipinski definition) is 8. The maximum absolute atomic E-state index is 12.8. The summed E-state index contributed by atoms with van der Waals surface area (Å²) < 4.78 is 28.9. The van der Waals surface area contributed by atoms with Gasteiger partial charge in [-0.1, -0.05) is 24.4 Å². The molecule has 15 nitrogen and oxygen atoms in total. The second kappa shape index (κ2) is 10.8. The fraction of sp³-hybridized carbons (Fsp3) is 0. The summed E-state index contributed by atoms with van der Waals surface area (Å²) in [5, 5.41) is 43.4. The Bertz CT molecular complexity index is 1610. The maximum Gasteiger partial charge on any atom is 0.361 e. The molecule has 3 aromatic carbocycles. The Balaban J connectivity index is 1.51. The van der Waals surface area contributed by atoms with Gasteiger partial charge in [0.2, 0.25) is 5.82 Å². The van der Waals surface area contributed by atoms with Gasteiger partial charge in [-0.05, 0) is 54.6 Å². The summed E-state index contributed by atoms with van der Waals surface area (Å²) in [6.07, 6.45) is 0. The number of nitrogens with one attached hydrogen (secondary N) is 4. The van der Waals surface area contributed by atoms with Gasteiger partial charge < -0.3 is 5.32 Å². The Labute approximate surface area is 220 Å². The quantitative estimate of drug-likeness (QED) is 0.110. The van der Waals surface area contributed by atoms with Gasteiger partial charge in [-0.25, -0.2) is 18.6 Å².